The number of amides is 1. The van der Waals surface area contributed by atoms with Gasteiger partial charge < -0.3 is 14.8 Å². The van der Waals surface area contributed by atoms with Crippen LogP contribution in [0.4, 0.5) is 11.4 Å². The van der Waals surface area contributed by atoms with Crippen molar-refractivity contribution in [2.45, 2.75) is 4.34 Å². The number of fused-ring (bicyclic) bond motifs is 4. The van der Waals surface area contributed by atoms with E-state index in [-0.39, 0.29) is 17.4 Å². The Balaban J connectivity index is 1.12. The number of para-hydroxylation sites is 1. The summed E-state index contributed by atoms with van der Waals surface area (Å²) in [5, 5.41) is 15.3. The number of aromatic hydroxyl groups is 1. The van der Waals surface area contributed by atoms with Gasteiger partial charge in [0.15, 0.2) is 4.34 Å². The zero-order valence-electron chi connectivity index (χ0n) is 19.4. The van der Waals surface area contributed by atoms with Gasteiger partial charge in [-0.05, 0) is 64.5 Å². The molecule has 0 saturated heterocycles. The number of aliphatic imine (C=N–C) groups is 1. The molecule has 6 nitrogen and oxygen atoms in total. The highest BCUT2D eigenvalue weighted by Crippen LogP contribution is 2.34. The van der Waals surface area contributed by atoms with E-state index in [4.69, 9.17) is 4.42 Å². The molecule has 0 aliphatic carbocycles. The number of furan rings is 1. The second-order valence-corrected chi connectivity index (χ2v) is 12.4. The molecule has 0 saturated carbocycles. The van der Waals surface area contributed by atoms with Crippen molar-refractivity contribution < 1.29 is 14.3 Å². The van der Waals surface area contributed by atoms with E-state index in [0.29, 0.717) is 15.7 Å². The number of hydrogen-bond acceptors (Lipinski definition) is 7. The smallest absolute Gasteiger partial charge is 0.234 e. The lowest BCUT2D eigenvalue weighted by Gasteiger charge is -2.04. The highest BCUT2D eigenvalue weighted by molar-refractivity contribution is 9.11. The van der Waals surface area contributed by atoms with Crippen LogP contribution in [0.1, 0.15) is 5.56 Å². The summed E-state index contributed by atoms with van der Waals surface area (Å²) in [6.07, 6.45) is 1.62. The molecule has 0 radical (unpaired) electrons. The van der Waals surface area contributed by atoms with Gasteiger partial charge in [0.1, 0.15) is 16.9 Å². The fraction of sp³-hybridized carbons (Fsp3) is 0.0357. The van der Waals surface area contributed by atoms with Crippen LogP contribution in [0.3, 0.4) is 0 Å². The Kier molecular flexibility index (Phi) is 6.96. The lowest BCUT2D eigenvalue weighted by molar-refractivity contribution is -0.113. The van der Waals surface area contributed by atoms with Gasteiger partial charge in [-0.2, -0.15) is 0 Å². The van der Waals surface area contributed by atoms with E-state index in [0.717, 1.165) is 46.7 Å². The molecule has 2 aromatic heterocycles. The zero-order valence-corrected chi connectivity index (χ0v) is 24.2. The minimum atomic E-state index is -0.116. The van der Waals surface area contributed by atoms with Crippen LogP contribution in [0.5, 0.6) is 5.75 Å². The van der Waals surface area contributed by atoms with Crippen molar-refractivity contribution in [3.63, 3.8) is 0 Å². The number of nitrogens with one attached hydrogen (secondary N) is 1. The summed E-state index contributed by atoms with van der Waals surface area (Å²) >= 11 is 9.66. The highest BCUT2D eigenvalue weighted by atomic mass is 79.9. The molecule has 4 aromatic carbocycles. The molecule has 2 heterocycles. The first-order chi connectivity index (χ1) is 18.4. The molecule has 6 rings (SSSR count). The molecule has 0 unspecified atom stereocenters. The molecule has 0 fully saturated rings. The number of thiazole rings is 1. The van der Waals surface area contributed by atoms with Gasteiger partial charge >= 0.3 is 0 Å². The summed E-state index contributed by atoms with van der Waals surface area (Å²) in [5.74, 6) is 0.250. The second kappa shape index (κ2) is 10.5. The fourth-order valence-electron chi connectivity index (χ4n) is 3.99. The summed E-state index contributed by atoms with van der Waals surface area (Å²) in [6, 6.07) is 22.9. The van der Waals surface area contributed by atoms with Crippen LogP contribution < -0.4 is 5.32 Å². The molecule has 2 N–H and O–H groups in total. The molecule has 0 aliphatic heterocycles. The van der Waals surface area contributed by atoms with E-state index < -0.39 is 0 Å². The molecular formula is C28H17Br2N3O3S2. The maximum absolute atomic E-state index is 12.6. The first-order valence-electron chi connectivity index (χ1n) is 11.4. The predicted octanol–water partition coefficient (Wildman–Crippen LogP) is 8.91. The Morgan fingerprint density at radius 1 is 1.05 bits per heavy atom. The number of aromatic nitrogens is 1. The van der Waals surface area contributed by atoms with Crippen LogP contribution in [0, 0.1) is 0 Å². The summed E-state index contributed by atoms with van der Waals surface area (Å²) in [4.78, 5) is 21.8. The van der Waals surface area contributed by atoms with Gasteiger partial charge in [0.2, 0.25) is 5.91 Å². The predicted molar refractivity (Wildman–Crippen MR) is 163 cm³/mol. The minimum absolute atomic E-state index is 0.116. The number of hydrogen-bond donors (Lipinski definition) is 2. The van der Waals surface area contributed by atoms with Gasteiger partial charge in [-0.3, -0.25) is 9.79 Å². The third-order valence-electron chi connectivity index (χ3n) is 5.75. The largest absolute Gasteiger partial charge is 0.506 e. The first-order valence-corrected chi connectivity index (χ1v) is 14.8. The average molecular weight is 667 g/mol. The van der Waals surface area contributed by atoms with Crippen LogP contribution >= 0.6 is 55.0 Å². The number of phenols is 1. The summed E-state index contributed by atoms with van der Waals surface area (Å²) in [6.45, 7) is 0. The Morgan fingerprint density at radius 2 is 1.89 bits per heavy atom. The van der Waals surface area contributed by atoms with Gasteiger partial charge in [0, 0.05) is 38.8 Å². The number of carbonyl (C=O) groups is 1. The minimum Gasteiger partial charge on any atom is -0.506 e. The van der Waals surface area contributed by atoms with Crippen molar-refractivity contribution in [2.75, 3.05) is 11.1 Å². The number of halogens is 2. The van der Waals surface area contributed by atoms with Crippen molar-refractivity contribution in [2.24, 2.45) is 4.99 Å². The SMILES string of the molecule is O=C(CSc1nc2ccc(N=Cc3cc(Br)cc(Br)c3O)cc2s1)Nc1ccc2c(c1)oc1ccccc12. The summed E-state index contributed by atoms with van der Waals surface area (Å²) in [5.41, 5.74) is 4.44. The third-order valence-corrected chi connectivity index (χ3v) is 8.98. The highest BCUT2D eigenvalue weighted by Gasteiger charge is 2.11. The van der Waals surface area contributed by atoms with Crippen LogP contribution in [0.2, 0.25) is 0 Å². The first kappa shape index (κ1) is 25.1. The van der Waals surface area contributed by atoms with Crippen LogP contribution in [-0.2, 0) is 4.79 Å². The molecule has 10 heteroatoms. The van der Waals surface area contributed by atoms with E-state index in [9.17, 15) is 9.90 Å². The molecule has 0 bridgehead atoms. The lowest BCUT2D eigenvalue weighted by Crippen LogP contribution is -2.13. The number of thioether (sulfide) groups is 1. The van der Waals surface area contributed by atoms with Gasteiger partial charge in [-0.25, -0.2) is 4.98 Å². The van der Waals surface area contributed by atoms with E-state index >= 15 is 0 Å². The van der Waals surface area contributed by atoms with Crippen molar-refractivity contribution in [1.29, 1.82) is 0 Å². The van der Waals surface area contributed by atoms with Crippen LogP contribution in [0.25, 0.3) is 32.2 Å². The second-order valence-electron chi connectivity index (χ2n) is 8.36. The quantitative estimate of drug-likeness (QED) is 0.137. The monoisotopic (exact) mass is 665 g/mol. The topological polar surface area (TPSA) is 87.7 Å². The maximum Gasteiger partial charge on any atom is 0.234 e. The Labute approximate surface area is 242 Å². The molecule has 1 amide bonds. The standard InChI is InChI=1S/C28H17Br2N3O3S2/c29-16-9-15(27(35)21(30)10-16)13-31-17-6-8-22-25(12-17)38-28(33-22)37-14-26(34)32-18-5-7-20-19-3-1-2-4-23(19)36-24(20)11-18/h1-13,35H,14H2,(H,32,34). The normalized spacial score (nSPS) is 11.7. The molecule has 38 heavy (non-hydrogen) atoms. The Morgan fingerprint density at radius 3 is 2.79 bits per heavy atom. The third kappa shape index (κ3) is 5.22. The van der Waals surface area contributed by atoms with Crippen LogP contribution in [0.15, 0.2) is 95.5 Å². The number of nitrogens with zero attached hydrogens (tertiary/aromatic N) is 2. The maximum atomic E-state index is 12.6. The fourth-order valence-corrected chi connectivity index (χ4v) is 7.15. The number of carbonyl (C=O) groups excluding carboxylic acids is 1. The average Bonchev–Trinajstić information content (AvgIpc) is 3.48. The number of phenolic OH excluding ortho intramolecular Hbond substituents is 1. The number of benzene rings is 4. The summed E-state index contributed by atoms with van der Waals surface area (Å²) in [7, 11) is 0. The Bertz CT molecular complexity index is 1880. The molecular weight excluding hydrogens is 650 g/mol. The lowest BCUT2D eigenvalue weighted by atomic mass is 10.1. The van der Waals surface area contributed by atoms with Gasteiger partial charge in [0.25, 0.3) is 0 Å². The van der Waals surface area contributed by atoms with E-state index in [1.165, 1.54) is 23.1 Å². The van der Waals surface area contributed by atoms with Gasteiger partial charge in [-0.1, -0.05) is 45.9 Å². The molecule has 0 atom stereocenters. The molecule has 188 valence electrons. The van der Waals surface area contributed by atoms with E-state index in [1.807, 2.05) is 60.7 Å². The van der Waals surface area contributed by atoms with Crippen molar-refractivity contribution in [3.05, 3.63) is 87.3 Å². The number of anilines is 1. The molecule has 0 aliphatic rings. The van der Waals surface area contributed by atoms with Gasteiger partial charge in [-0.15, -0.1) is 11.3 Å². The molecule has 0 spiro atoms. The number of rotatable bonds is 6. The van der Waals surface area contributed by atoms with E-state index in [1.54, 1.807) is 18.3 Å². The van der Waals surface area contributed by atoms with E-state index in [2.05, 4.69) is 47.2 Å². The van der Waals surface area contributed by atoms with Crippen molar-refractivity contribution in [1.82, 2.24) is 4.98 Å². The van der Waals surface area contributed by atoms with Crippen molar-refractivity contribution in [3.8, 4) is 5.75 Å². The van der Waals surface area contributed by atoms with Crippen LogP contribution in [-0.4, -0.2) is 28.0 Å². The zero-order chi connectivity index (χ0) is 26.2. The van der Waals surface area contributed by atoms with Gasteiger partial charge in [0.05, 0.1) is 26.1 Å². The summed E-state index contributed by atoms with van der Waals surface area (Å²) < 4.78 is 9.11. The molecule has 6 aromatic rings. The van der Waals surface area contributed by atoms with Crippen molar-refractivity contribution >= 4 is 111 Å². The Hall–Kier alpha value is -3.18.